The SMILES string of the molecule is O=C(O)C(C(=O)OC(Cc1ccccc1)c1ccccc1)c1ccncc1[N+](=O)[O-]. The highest BCUT2D eigenvalue weighted by Gasteiger charge is 2.37. The van der Waals surface area contributed by atoms with Crippen LogP contribution in [0.15, 0.2) is 79.1 Å². The van der Waals surface area contributed by atoms with Crippen molar-refractivity contribution in [2.75, 3.05) is 0 Å². The minimum absolute atomic E-state index is 0.279. The van der Waals surface area contributed by atoms with Crippen LogP contribution in [0.5, 0.6) is 0 Å². The number of pyridine rings is 1. The summed E-state index contributed by atoms with van der Waals surface area (Å²) in [5, 5.41) is 20.9. The average Bonchev–Trinajstić information content (AvgIpc) is 2.75. The molecule has 3 aromatic rings. The van der Waals surface area contributed by atoms with Gasteiger partial charge >= 0.3 is 11.9 Å². The Morgan fingerprint density at radius 1 is 1.03 bits per heavy atom. The maximum atomic E-state index is 12.9. The number of aliphatic carboxylic acids is 1. The third-order valence-corrected chi connectivity index (χ3v) is 4.52. The summed E-state index contributed by atoms with van der Waals surface area (Å²) in [4.78, 5) is 38.9. The van der Waals surface area contributed by atoms with E-state index in [0.717, 1.165) is 17.8 Å². The summed E-state index contributed by atoms with van der Waals surface area (Å²) in [7, 11) is 0. The van der Waals surface area contributed by atoms with Gasteiger partial charge in [0.05, 0.1) is 10.5 Å². The van der Waals surface area contributed by atoms with Crippen LogP contribution in [-0.2, 0) is 20.7 Å². The molecule has 0 fully saturated rings. The van der Waals surface area contributed by atoms with Crippen molar-refractivity contribution >= 4 is 17.6 Å². The molecule has 152 valence electrons. The lowest BCUT2D eigenvalue weighted by Gasteiger charge is -2.21. The molecule has 1 heterocycles. The number of carbonyl (C=O) groups is 2. The molecular formula is C22H18N2O6. The molecule has 2 atom stereocenters. The van der Waals surface area contributed by atoms with E-state index >= 15 is 0 Å². The fourth-order valence-electron chi connectivity index (χ4n) is 3.09. The minimum atomic E-state index is -1.85. The van der Waals surface area contributed by atoms with Crippen molar-refractivity contribution in [3.8, 4) is 0 Å². The number of carbonyl (C=O) groups excluding carboxylic acids is 1. The summed E-state index contributed by atoms with van der Waals surface area (Å²) >= 11 is 0. The highest BCUT2D eigenvalue weighted by Crippen LogP contribution is 2.30. The van der Waals surface area contributed by atoms with Crippen molar-refractivity contribution in [1.82, 2.24) is 4.98 Å². The summed E-state index contributed by atoms with van der Waals surface area (Å²) in [5.41, 5.74) is 0.740. The molecular weight excluding hydrogens is 388 g/mol. The van der Waals surface area contributed by atoms with Crippen molar-refractivity contribution in [2.45, 2.75) is 18.4 Å². The number of esters is 1. The van der Waals surface area contributed by atoms with Crippen LogP contribution in [0.4, 0.5) is 5.69 Å². The highest BCUT2D eigenvalue weighted by atomic mass is 16.6. The monoisotopic (exact) mass is 406 g/mol. The molecule has 1 N–H and O–H groups in total. The first kappa shape index (κ1) is 20.7. The molecule has 2 unspecified atom stereocenters. The molecule has 0 aliphatic carbocycles. The maximum absolute atomic E-state index is 12.9. The third kappa shape index (κ3) is 4.85. The van der Waals surface area contributed by atoms with Crippen molar-refractivity contribution in [1.29, 1.82) is 0 Å². The molecule has 30 heavy (non-hydrogen) atoms. The second-order valence-electron chi connectivity index (χ2n) is 6.49. The smallest absolute Gasteiger partial charge is 0.325 e. The number of carboxylic acid groups (broad SMARTS) is 1. The van der Waals surface area contributed by atoms with Crippen LogP contribution in [0.25, 0.3) is 0 Å². The molecule has 3 rings (SSSR count). The lowest BCUT2D eigenvalue weighted by Crippen LogP contribution is -2.27. The number of rotatable bonds is 8. The van der Waals surface area contributed by atoms with Crippen molar-refractivity contribution < 1.29 is 24.4 Å². The Balaban J connectivity index is 1.93. The van der Waals surface area contributed by atoms with E-state index < -0.39 is 34.6 Å². The molecule has 0 amide bonds. The summed E-state index contributed by atoms with van der Waals surface area (Å²) in [6.07, 6.45) is 1.67. The van der Waals surface area contributed by atoms with E-state index in [0.29, 0.717) is 12.0 Å². The second-order valence-corrected chi connectivity index (χ2v) is 6.49. The van der Waals surface area contributed by atoms with Gasteiger partial charge in [0.15, 0.2) is 5.92 Å². The highest BCUT2D eigenvalue weighted by molar-refractivity contribution is 6.00. The van der Waals surface area contributed by atoms with Crippen molar-refractivity contribution in [2.24, 2.45) is 0 Å². The molecule has 8 nitrogen and oxygen atoms in total. The van der Waals surface area contributed by atoms with Crippen LogP contribution in [-0.4, -0.2) is 27.0 Å². The second kappa shape index (κ2) is 9.42. The van der Waals surface area contributed by atoms with E-state index in [1.54, 1.807) is 24.3 Å². The standard InChI is InChI=1S/C22H18N2O6/c25-21(26)20(17-11-12-23-14-18(17)24(28)29)22(27)30-19(16-9-5-2-6-10-16)13-15-7-3-1-4-8-15/h1-12,14,19-20H,13H2,(H,25,26). The fraction of sp³-hybridized carbons (Fsp3) is 0.136. The van der Waals surface area contributed by atoms with E-state index in [9.17, 15) is 24.8 Å². The number of nitrogens with zero attached hydrogens (tertiary/aromatic N) is 2. The van der Waals surface area contributed by atoms with Gasteiger partial charge in [0.2, 0.25) is 0 Å². The van der Waals surface area contributed by atoms with E-state index in [2.05, 4.69) is 4.98 Å². The Kier molecular flexibility index (Phi) is 6.49. The average molecular weight is 406 g/mol. The van der Waals surface area contributed by atoms with E-state index in [-0.39, 0.29) is 5.56 Å². The molecule has 0 saturated carbocycles. The third-order valence-electron chi connectivity index (χ3n) is 4.52. The Bertz CT molecular complexity index is 1040. The molecule has 0 aliphatic rings. The van der Waals surface area contributed by atoms with Gasteiger partial charge in [0, 0.05) is 12.6 Å². The number of hydrogen-bond donors (Lipinski definition) is 1. The van der Waals surface area contributed by atoms with Crippen molar-refractivity contribution in [3.63, 3.8) is 0 Å². The van der Waals surface area contributed by atoms with Gasteiger partial charge in [-0.3, -0.25) is 24.7 Å². The first-order valence-corrected chi connectivity index (χ1v) is 9.08. The number of carboxylic acids is 1. The molecule has 0 bridgehead atoms. The van der Waals surface area contributed by atoms with Crippen LogP contribution < -0.4 is 0 Å². The normalized spacial score (nSPS) is 12.5. The molecule has 8 heteroatoms. The topological polar surface area (TPSA) is 120 Å². The quantitative estimate of drug-likeness (QED) is 0.262. The summed E-state index contributed by atoms with van der Waals surface area (Å²) in [6, 6.07) is 19.3. The van der Waals surface area contributed by atoms with Gasteiger partial charge in [0.25, 0.3) is 5.69 Å². The number of benzene rings is 2. The first-order chi connectivity index (χ1) is 14.5. The molecule has 0 aliphatic heterocycles. The van der Waals surface area contributed by atoms with Crippen LogP contribution in [0, 0.1) is 10.1 Å². The van der Waals surface area contributed by atoms with E-state index in [1.807, 2.05) is 36.4 Å². The predicted molar refractivity (Wildman–Crippen MR) is 107 cm³/mol. The Hall–Kier alpha value is -4.07. The van der Waals surface area contributed by atoms with Crippen molar-refractivity contribution in [3.05, 3.63) is 106 Å². The Labute approximate surface area is 171 Å². The minimum Gasteiger partial charge on any atom is -0.480 e. The zero-order valence-corrected chi connectivity index (χ0v) is 15.8. The Morgan fingerprint density at radius 3 is 2.27 bits per heavy atom. The summed E-state index contributed by atoms with van der Waals surface area (Å²) in [6.45, 7) is 0. The Morgan fingerprint density at radius 2 is 1.67 bits per heavy atom. The fourth-order valence-corrected chi connectivity index (χ4v) is 3.09. The molecule has 0 saturated heterocycles. The number of nitro groups is 1. The van der Waals surface area contributed by atoms with E-state index in [1.165, 1.54) is 6.20 Å². The number of ether oxygens (including phenoxy) is 1. The van der Waals surface area contributed by atoms with Crippen LogP contribution in [0.3, 0.4) is 0 Å². The zero-order chi connectivity index (χ0) is 21.5. The first-order valence-electron chi connectivity index (χ1n) is 9.08. The predicted octanol–water partition coefficient (Wildman–Crippen LogP) is 3.69. The summed E-state index contributed by atoms with van der Waals surface area (Å²) in [5.74, 6) is -4.47. The van der Waals surface area contributed by atoms with E-state index in [4.69, 9.17) is 4.74 Å². The summed E-state index contributed by atoms with van der Waals surface area (Å²) < 4.78 is 5.59. The lowest BCUT2D eigenvalue weighted by atomic mass is 9.97. The van der Waals surface area contributed by atoms with Gasteiger partial charge in [-0.15, -0.1) is 0 Å². The van der Waals surface area contributed by atoms with Gasteiger partial charge in [-0.05, 0) is 17.2 Å². The maximum Gasteiger partial charge on any atom is 0.325 e. The molecule has 2 aromatic carbocycles. The lowest BCUT2D eigenvalue weighted by molar-refractivity contribution is -0.386. The van der Waals surface area contributed by atoms with Gasteiger partial charge < -0.3 is 9.84 Å². The van der Waals surface area contributed by atoms with Gasteiger partial charge in [-0.2, -0.15) is 0 Å². The largest absolute Gasteiger partial charge is 0.480 e. The molecule has 0 spiro atoms. The van der Waals surface area contributed by atoms with Crippen LogP contribution >= 0.6 is 0 Å². The van der Waals surface area contributed by atoms with Crippen LogP contribution in [0.1, 0.15) is 28.7 Å². The van der Waals surface area contributed by atoms with Crippen LogP contribution in [0.2, 0.25) is 0 Å². The number of hydrogen-bond acceptors (Lipinski definition) is 6. The number of aromatic nitrogens is 1. The zero-order valence-electron chi connectivity index (χ0n) is 15.8. The van der Waals surface area contributed by atoms with Gasteiger partial charge in [0.1, 0.15) is 12.3 Å². The molecule has 1 aromatic heterocycles. The van der Waals surface area contributed by atoms with Gasteiger partial charge in [-0.25, -0.2) is 0 Å². The molecule has 0 radical (unpaired) electrons. The van der Waals surface area contributed by atoms with Gasteiger partial charge in [-0.1, -0.05) is 60.7 Å².